The zero-order valence-corrected chi connectivity index (χ0v) is 10.8. The van der Waals surface area contributed by atoms with Crippen molar-refractivity contribution in [3.05, 3.63) is 36.3 Å². The number of aromatic nitrogens is 1. The zero-order chi connectivity index (χ0) is 13.2. The Morgan fingerprint density at radius 2 is 2.33 bits per heavy atom. The molecule has 98 valence electrons. The summed E-state index contributed by atoms with van der Waals surface area (Å²) in [6, 6.07) is 0. The van der Waals surface area contributed by atoms with Crippen LogP contribution in [0.15, 0.2) is 35.0 Å². The van der Waals surface area contributed by atoms with E-state index in [1.165, 1.54) is 31.0 Å². The number of hydrogen-bond acceptors (Lipinski definition) is 4. The molecule has 4 nitrogen and oxygen atoms in total. The third kappa shape index (κ3) is 3.29. The van der Waals surface area contributed by atoms with Gasteiger partial charge in [0.25, 0.3) is 0 Å². The molecule has 18 heavy (non-hydrogen) atoms. The molecule has 0 N–H and O–H groups in total. The van der Waals surface area contributed by atoms with Gasteiger partial charge in [-0.3, -0.25) is 0 Å². The maximum Gasteiger partial charge on any atom is 0.181 e. The van der Waals surface area contributed by atoms with Gasteiger partial charge in [0, 0.05) is 11.8 Å². The first kappa shape index (κ1) is 13.0. The van der Waals surface area contributed by atoms with Crippen molar-refractivity contribution in [1.82, 2.24) is 4.98 Å². The van der Waals surface area contributed by atoms with Crippen LogP contribution in [0.25, 0.3) is 5.57 Å². The van der Waals surface area contributed by atoms with E-state index in [2.05, 4.69) is 4.98 Å². The Morgan fingerprint density at radius 3 is 2.94 bits per heavy atom. The number of halogens is 1. The van der Waals surface area contributed by atoms with E-state index in [0.717, 1.165) is 0 Å². The minimum absolute atomic E-state index is 0.0489. The van der Waals surface area contributed by atoms with E-state index in [4.69, 9.17) is 4.42 Å². The second-order valence-electron chi connectivity index (χ2n) is 4.41. The maximum absolute atomic E-state index is 13.3. The molecule has 0 saturated carbocycles. The highest BCUT2D eigenvalue weighted by molar-refractivity contribution is 7.90. The molecule has 1 aromatic rings. The van der Waals surface area contributed by atoms with E-state index in [0.29, 0.717) is 24.2 Å². The van der Waals surface area contributed by atoms with Gasteiger partial charge in [0.2, 0.25) is 0 Å². The van der Waals surface area contributed by atoms with Gasteiger partial charge in [-0.15, -0.1) is 0 Å². The molecule has 0 saturated heterocycles. The van der Waals surface area contributed by atoms with Crippen LogP contribution in [-0.4, -0.2) is 25.4 Å². The first-order valence-corrected chi connectivity index (χ1v) is 7.65. The van der Waals surface area contributed by atoms with E-state index < -0.39 is 9.84 Å². The van der Waals surface area contributed by atoms with E-state index in [9.17, 15) is 12.8 Å². The number of nitrogens with zero attached hydrogens (tertiary/aromatic N) is 1. The normalized spacial score (nSPS) is 20.4. The van der Waals surface area contributed by atoms with Crippen molar-refractivity contribution in [2.75, 3.05) is 12.0 Å². The lowest BCUT2D eigenvalue weighted by Gasteiger charge is -2.20. The topological polar surface area (TPSA) is 60.2 Å². The summed E-state index contributed by atoms with van der Waals surface area (Å²) < 4.78 is 40.8. The number of rotatable bonds is 4. The summed E-state index contributed by atoms with van der Waals surface area (Å²) in [5, 5.41) is 0. The standard InChI is InChI=1S/C12H14FNO3S/c1-18(15,16)5-4-9-2-3-10(13)6-11(9)12-7-14-8-17-12/h3,6-9H,2,4-5H2,1H3. The van der Waals surface area contributed by atoms with Crippen LogP contribution in [0.1, 0.15) is 18.6 Å². The molecule has 0 fully saturated rings. The molecule has 2 rings (SSSR count). The Bertz CT molecular complexity index is 572. The Kier molecular flexibility index (Phi) is 3.65. The van der Waals surface area contributed by atoms with Crippen LogP contribution in [0.2, 0.25) is 0 Å². The molecular weight excluding hydrogens is 257 g/mol. The Labute approximate surface area is 105 Å². The fourth-order valence-electron chi connectivity index (χ4n) is 1.97. The smallest absolute Gasteiger partial charge is 0.181 e. The molecule has 1 unspecified atom stereocenters. The van der Waals surface area contributed by atoms with Gasteiger partial charge in [-0.25, -0.2) is 17.8 Å². The van der Waals surface area contributed by atoms with E-state index in [1.807, 2.05) is 0 Å². The van der Waals surface area contributed by atoms with Gasteiger partial charge in [0.15, 0.2) is 12.2 Å². The Hall–Kier alpha value is -1.43. The largest absolute Gasteiger partial charge is 0.444 e. The van der Waals surface area contributed by atoms with Gasteiger partial charge in [0.05, 0.1) is 11.9 Å². The summed E-state index contributed by atoms with van der Waals surface area (Å²) >= 11 is 0. The number of allylic oxidation sites excluding steroid dienone is 4. The predicted molar refractivity (Wildman–Crippen MR) is 66.1 cm³/mol. The molecule has 1 aliphatic carbocycles. The van der Waals surface area contributed by atoms with Crippen LogP contribution < -0.4 is 0 Å². The van der Waals surface area contributed by atoms with E-state index in [1.54, 1.807) is 0 Å². The number of sulfone groups is 1. The van der Waals surface area contributed by atoms with E-state index in [-0.39, 0.29) is 17.5 Å². The van der Waals surface area contributed by atoms with Crippen LogP contribution in [0.3, 0.4) is 0 Å². The van der Waals surface area contributed by atoms with Gasteiger partial charge < -0.3 is 4.42 Å². The first-order valence-electron chi connectivity index (χ1n) is 5.59. The molecule has 0 spiro atoms. The SMILES string of the molecule is CS(=O)(=O)CCC1CC=C(F)C=C1c1cnco1. The van der Waals surface area contributed by atoms with Crippen molar-refractivity contribution in [3.8, 4) is 0 Å². The number of oxazole rings is 1. The van der Waals surface area contributed by atoms with Gasteiger partial charge >= 0.3 is 0 Å². The van der Waals surface area contributed by atoms with Crippen molar-refractivity contribution in [1.29, 1.82) is 0 Å². The summed E-state index contributed by atoms with van der Waals surface area (Å²) in [7, 11) is -3.02. The molecule has 1 heterocycles. The highest BCUT2D eigenvalue weighted by atomic mass is 32.2. The monoisotopic (exact) mass is 271 g/mol. The summed E-state index contributed by atoms with van der Waals surface area (Å²) in [6.45, 7) is 0. The highest BCUT2D eigenvalue weighted by Crippen LogP contribution is 2.34. The van der Waals surface area contributed by atoms with Crippen LogP contribution >= 0.6 is 0 Å². The molecule has 1 aliphatic rings. The van der Waals surface area contributed by atoms with E-state index >= 15 is 0 Å². The summed E-state index contributed by atoms with van der Waals surface area (Å²) in [5.41, 5.74) is 0.677. The van der Waals surface area contributed by atoms with Crippen LogP contribution in [0, 0.1) is 5.92 Å². The van der Waals surface area contributed by atoms with Crippen LogP contribution in [-0.2, 0) is 9.84 Å². The fraction of sp³-hybridized carbons (Fsp3) is 0.417. The second kappa shape index (κ2) is 5.06. The van der Waals surface area contributed by atoms with Crippen molar-refractivity contribution in [3.63, 3.8) is 0 Å². The van der Waals surface area contributed by atoms with Crippen LogP contribution in [0.4, 0.5) is 4.39 Å². The summed E-state index contributed by atoms with van der Waals surface area (Å²) in [5.74, 6) is 0.208. The Morgan fingerprint density at radius 1 is 1.56 bits per heavy atom. The second-order valence-corrected chi connectivity index (χ2v) is 6.67. The average Bonchev–Trinajstić information content (AvgIpc) is 2.79. The molecule has 0 amide bonds. The summed E-state index contributed by atoms with van der Waals surface area (Å²) in [6.07, 6.45) is 7.77. The van der Waals surface area contributed by atoms with Crippen molar-refractivity contribution >= 4 is 15.4 Å². The predicted octanol–water partition coefficient (Wildman–Crippen LogP) is 2.37. The molecule has 1 aromatic heterocycles. The lowest BCUT2D eigenvalue weighted by atomic mass is 9.88. The van der Waals surface area contributed by atoms with Crippen molar-refractivity contribution in [2.24, 2.45) is 5.92 Å². The third-order valence-electron chi connectivity index (χ3n) is 2.88. The zero-order valence-electron chi connectivity index (χ0n) is 9.97. The molecule has 0 bridgehead atoms. The first-order chi connectivity index (χ1) is 8.46. The molecule has 0 aromatic carbocycles. The van der Waals surface area contributed by atoms with Crippen LogP contribution in [0.5, 0.6) is 0 Å². The quantitative estimate of drug-likeness (QED) is 0.843. The minimum Gasteiger partial charge on any atom is -0.444 e. The fourth-order valence-corrected chi connectivity index (χ4v) is 2.68. The molecule has 0 aliphatic heterocycles. The number of hydrogen-bond donors (Lipinski definition) is 0. The Balaban J connectivity index is 2.18. The average molecular weight is 271 g/mol. The maximum atomic E-state index is 13.3. The molecular formula is C12H14FNO3S. The highest BCUT2D eigenvalue weighted by Gasteiger charge is 2.23. The molecule has 6 heteroatoms. The van der Waals surface area contributed by atoms with Gasteiger partial charge in [-0.1, -0.05) is 0 Å². The molecule has 0 radical (unpaired) electrons. The third-order valence-corrected chi connectivity index (χ3v) is 3.86. The summed E-state index contributed by atoms with van der Waals surface area (Å²) in [4.78, 5) is 3.80. The van der Waals surface area contributed by atoms with Crippen molar-refractivity contribution in [2.45, 2.75) is 12.8 Å². The minimum atomic E-state index is -3.02. The lowest BCUT2D eigenvalue weighted by molar-refractivity contribution is 0.519. The van der Waals surface area contributed by atoms with Gasteiger partial charge in [-0.2, -0.15) is 0 Å². The lowest BCUT2D eigenvalue weighted by Crippen LogP contribution is -2.12. The van der Waals surface area contributed by atoms with Crippen molar-refractivity contribution < 1.29 is 17.2 Å². The molecule has 1 atom stereocenters. The van der Waals surface area contributed by atoms with Gasteiger partial charge in [-0.05, 0) is 30.9 Å². The van der Waals surface area contributed by atoms with Gasteiger partial charge in [0.1, 0.15) is 15.7 Å².